The maximum absolute atomic E-state index is 13.1. The molecule has 4 atom stereocenters. The van der Waals surface area contributed by atoms with E-state index in [0.29, 0.717) is 25.9 Å². The molecular weight excluding hydrogens is 380 g/mol. The molecule has 4 aliphatic rings. The Morgan fingerprint density at radius 3 is 1.33 bits per heavy atom. The third-order valence-corrected chi connectivity index (χ3v) is 10.0. The molecule has 2 aliphatic heterocycles. The molecule has 0 aromatic carbocycles. The Morgan fingerprint density at radius 2 is 1.00 bits per heavy atom. The standard InChI is InChI=1S/C24H36N2O4/c1-21(2)15-9-11-23(21,5)19(29)25(17(15)27)13-7-8-14-26-18(28)16-10-12-24(6,20(26)30)22(16,3)4/h15-16H,7-14H2,1-6H3. The molecule has 0 spiro atoms. The zero-order valence-electron chi connectivity index (χ0n) is 19.3. The summed E-state index contributed by atoms with van der Waals surface area (Å²) in [6.07, 6.45) is 4.30. The molecule has 2 saturated carbocycles. The Labute approximate surface area is 179 Å². The van der Waals surface area contributed by atoms with Crippen molar-refractivity contribution in [3.05, 3.63) is 0 Å². The zero-order valence-corrected chi connectivity index (χ0v) is 19.3. The summed E-state index contributed by atoms with van der Waals surface area (Å²) >= 11 is 0. The highest BCUT2D eigenvalue weighted by atomic mass is 16.2. The Kier molecular flexibility index (Phi) is 4.58. The van der Waals surface area contributed by atoms with Gasteiger partial charge in [-0.15, -0.1) is 0 Å². The number of fused-ring (bicyclic) bond motifs is 4. The van der Waals surface area contributed by atoms with Crippen molar-refractivity contribution < 1.29 is 19.2 Å². The molecule has 0 aromatic rings. The number of rotatable bonds is 5. The van der Waals surface area contributed by atoms with E-state index in [2.05, 4.69) is 0 Å². The number of piperidine rings is 2. The average molecular weight is 417 g/mol. The second kappa shape index (κ2) is 6.39. The number of imide groups is 2. The minimum Gasteiger partial charge on any atom is -0.282 e. The highest BCUT2D eigenvalue weighted by molar-refractivity contribution is 6.04. The van der Waals surface area contributed by atoms with Crippen LogP contribution in [0.5, 0.6) is 0 Å². The number of nitrogens with zero attached hydrogens (tertiary/aromatic N) is 2. The third-order valence-electron chi connectivity index (χ3n) is 10.0. The fraction of sp³-hybridized carbons (Fsp3) is 0.833. The van der Waals surface area contributed by atoms with Gasteiger partial charge in [-0.3, -0.25) is 29.0 Å². The fourth-order valence-electron chi connectivity index (χ4n) is 6.77. The van der Waals surface area contributed by atoms with Gasteiger partial charge in [-0.1, -0.05) is 41.5 Å². The van der Waals surface area contributed by atoms with Crippen molar-refractivity contribution >= 4 is 23.6 Å². The molecule has 4 amide bonds. The highest BCUT2D eigenvalue weighted by Gasteiger charge is 2.65. The van der Waals surface area contributed by atoms with Crippen LogP contribution in [0.15, 0.2) is 0 Å². The van der Waals surface area contributed by atoms with E-state index in [1.165, 1.54) is 9.80 Å². The van der Waals surface area contributed by atoms with Crippen LogP contribution in [0.1, 0.15) is 80.1 Å². The predicted molar refractivity (Wildman–Crippen MR) is 112 cm³/mol. The van der Waals surface area contributed by atoms with Crippen LogP contribution in [0.25, 0.3) is 0 Å². The molecule has 4 rings (SSSR count). The molecule has 166 valence electrons. The molecular formula is C24H36N2O4. The summed E-state index contributed by atoms with van der Waals surface area (Å²) in [5.74, 6) is -0.381. The van der Waals surface area contributed by atoms with Crippen LogP contribution in [0.4, 0.5) is 0 Å². The first-order valence-electron chi connectivity index (χ1n) is 11.5. The van der Waals surface area contributed by atoms with Gasteiger partial charge in [-0.05, 0) is 49.4 Å². The van der Waals surface area contributed by atoms with Crippen molar-refractivity contribution in [1.82, 2.24) is 9.80 Å². The lowest BCUT2D eigenvalue weighted by Gasteiger charge is -2.48. The maximum atomic E-state index is 13.1. The molecule has 4 bridgehead atoms. The molecule has 4 fully saturated rings. The summed E-state index contributed by atoms with van der Waals surface area (Å²) in [7, 11) is 0. The van der Waals surface area contributed by atoms with Crippen molar-refractivity contribution in [3.8, 4) is 0 Å². The number of likely N-dealkylation sites (tertiary alicyclic amines) is 2. The van der Waals surface area contributed by atoms with Crippen molar-refractivity contribution in [2.45, 2.75) is 80.1 Å². The molecule has 4 unspecified atom stereocenters. The van der Waals surface area contributed by atoms with Crippen LogP contribution in [-0.4, -0.2) is 46.5 Å². The molecule has 0 aromatic heterocycles. The van der Waals surface area contributed by atoms with Gasteiger partial charge in [0.05, 0.1) is 10.8 Å². The van der Waals surface area contributed by atoms with Gasteiger partial charge in [0.2, 0.25) is 23.6 Å². The van der Waals surface area contributed by atoms with Gasteiger partial charge in [0.15, 0.2) is 0 Å². The largest absolute Gasteiger partial charge is 0.282 e. The smallest absolute Gasteiger partial charge is 0.235 e. The van der Waals surface area contributed by atoms with Gasteiger partial charge in [-0.2, -0.15) is 0 Å². The lowest BCUT2D eigenvalue weighted by molar-refractivity contribution is -0.170. The highest BCUT2D eigenvalue weighted by Crippen LogP contribution is 2.61. The lowest BCUT2D eigenvalue weighted by atomic mass is 9.62. The predicted octanol–water partition coefficient (Wildman–Crippen LogP) is 3.39. The summed E-state index contributed by atoms with van der Waals surface area (Å²) in [6, 6.07) is 0. The van der Waals surface area contributed by atoms with Crippen molar-refractivity contribution in [3.63, 3.8) is 0 Å². The Morgan fingerprint density at radius 1 is 0.667 bits per heavy atom. The number of unbranched alkanes of at least 4 members (excludes halogenated alkanes) is 1. The van der Waals surface area contributed by atoms with E-state index < -0.39 is 10.8 Å². The minimum atomic E-state index is -0.482. The minimum absolute atomic E-state index is 0.0441. The first kappa shape index (κ1) is 21.5. The van der Waals surface area contributed by atoms with Gasteiger partial charge < -0.3 is 0 Å². The second-order valence-corrected chi connectivity index (χ2v) is 11.6. The van der Waals surface area contributed by atoms with E-state index in [1.54, 1.807) is 0 Å². The molecule has 30 heavy (non-hydrogen) atoms. The molecule has 2 saturated heterocycles. The Balaban J connectivity index is 1.38. The first-order chi connectivity index (χ1) is 13.8. The summed E-state index contributed by atoms with van der Waals surface area (Å²) in [5.41, 5.74) is -1.56. The maximum Gasteiger partial charge on any atom is 0.235 e. The number of amides is 4. The van der Waals surface area contributed by atoms with Gasteiger partial charge in [0, 0.05) is 24.9 Å². The molecule has 6 nitrogen and oxygen atoms in total. The summed E-state index contributed by atoms with van der Waals surface area (Å²) in [4.78, 5) is 55.1. The van der Waals surface area contributed by atoms with Crippen molar-refractivity contribution in [2.75, 3.05) is 13.1 Å². The first-order valence-corrected chi connectivity index (χ1v) is 11.5. The monoisotopic (exact) mass is 416 g/mol. The quantitative estimate of drug-likeness (QED) is 0.509. The van der Waals surface area contributed by atoms with E-state index in [1.807, 2.05) is 41.5 Å². The lowest BCUT2D eigenvalue weighted by Crippen LogP contribution is -2.59. The van der Waals surface area contributed by atoms with Crippen LogP contribution in [0, 0.1) is 33.5 Å². The Hall–Kier alpha value is -1.72. The Bertz CT molecular complexity index is 763. The molecule has 0 radical (unpaired) electrons. The van der Waals surface area contributed by atoms with Crippen LogP contribution >= 0.6 is 0 Å². The molecule has 2 heterocycles. The number of carbonyl (C=O) groups excluding carboxylic acids is 4. The topological polar surface area (TPSA) is 74.8 Å². The van der Waals surface area contributed by atoms with Crippen molar-refractivity contribution in [2.24, 2.45) is 33.5 Å². The summed E-state index contributed by atoms with van der Waals surface area (Å²) in [6.45, 7) is 12.9. The van der Waals surface area contributed by atoms with E-state index in [0.717, 1.165) is 25.7 Å². The second-order valence-electron chi connectivity index (χ2n) is 11.6. The van der Waals surface area contributed by atoms with Crippen LogP contribution in [0.3, 0.4) is 0 Å². The van der Waals surface area contributed by atoms with Gasteiger partial charge in [0.1, 0.15) is 0 Å². The summed E-state index contributed by atoms with van der Waals surface area (Å²) < 4.78 is 0. The number of hydrogen-bond donors (Lipinski definition) is 0. The van der Waals surface area contributed by atoms with Crippen molar-refractivity contribution in [1.29, 1.82) is 0 Å². The molecule has 2 aliphatic carbocycles. The third kappa shape index (κ3) is 2.42. The van der Waals surface area contributed by atoms with Gasteiger partial charge >= 0.3 is 0 Å². The van der Waals surface area contributed by atoms with Gasteiger partial charge in [0.25, 0.3) is 0 Å². The van der Waals surface area contributed by atoms with Crippen LogP contribution in [0.2, 0.25) is 0 Å². The molecule has 6 heteroatoms. The normalized spacial score (nSPS) is 39.3. The van der Waals surface area contributed by atoms with Crippen LogP contribution in [-0.2, 0) is 19.2 Å². The SMILES string of the molecule is CC12CCC(C(=O)N(CCCCN3C(=O)C4CCC(C)(C3=O)C4(C)C)C1=O)C2(C)C. The van der Waals surface area contributed by atoms with E-state index in [9.17, 15) is 19.2 Å². The van der Waals surface area contributed by atoms with E-state index >= 15 is 0 Å². The van der Waals surface area contributed by atoms with E-state index in [4.69, 9.17) is 0 Å². The molecule has 0 N–H and O–H groups in total. The zero-order chi connectivity index (χ0) is 22.3. The van der Waals surface area contributed by atoms with Crippen LogP contribution < -0.4 is 0 Å². The van der Waals surface area contributed by atoms with Gasteiger partial charge in [-0.25, -0.2) is 0 Å². The number of hydrogen-bond acceptors (Lipinski definition) is 4. The average Bonchev–Trinajstić information content (AvgIpc) is 2.97. The van der Waals surface area contributed by atoms with E-state index in [-0.39, 0.29) is 46.3 Å². The summed E-state index contributed by atoms with van der Waals surface area (Å²) in [5, 5.41) is 0. The number of carbonyl (C=O) groups is 4. The fourth-order valence-corrected chi connectivity index (χ4v) is 6.77.